The van der Waals surface area contributed by atoms with Crippen LogP contribution in [0.1, 0.15) is 285 Å². The lowest BCUT2D eigenvalue weighted by atomic mass is 10.1. The molecule has 0 aromatic heterocycles. The molecule has 5 atom stereocenters. The predicted octanol–water partition coefficient (Wildman–Crippen LogP) is 23.6. The second-order valence-electron chi connectivity index (χ2n) is 25.9. The van der Waals surface area contributed by atoms with Gasteiger partial charge in [-0.15, -0.1) is 0 Å². The molecule has 3 N–H and O–H groups in total. The first-order chi connectivity index (χ1) is 51.7. The number of unbranched alkanes of at least 4 members (excludes halogenated alkanes) is 17. The molecule has 0 radical (unpaired) electrons. The summed E-state index contributed by atoms with van der Waals surface area (Å²) >= 11 is 0. The molecule has 0 amide bonds. The highest BCUT2D eigenvalue weighted by Gasteiger charge is 2.30. The van der Waals surface area contributed by atoms with Gasteiger partial charge in [0.25, 0.3) is 0 Å². The molecular weight excluding hydrogens is 1380 g/mol. The maximum atomic E-state index is 13.1. The third kappa shape index (κ3) is 76.4. The number of rotatable bonds is 73. The van der Waals surface area contributed by atoms with Crippen LogP contribution in [-0.2, 0) is 65.4 Å². The zero-order chi connectivity index (χ0) is 77.4. The number of allylic oxidation sites excluding steroid dienone is 30. The van der Waals surface area contributed by atoms with Crippen LogP contribution in [0.5, 0.6) is 0 Å². The Morgan fingerprint density at radius 2 is 0.500 bits per heavy atom. The highest BCUT2D eigenvalue weighted by molar-refractivity contribution is 7.47. The predicted molar refractivity (Wildman–Crippen MR) is 436 cm³/mol. The Labute approximate surface area is 641 Å². The van der Waals surface area contributed by atoms with Crippen molar-refractivity contribution in [3.8, 4) is 0 Å². The van der Waals surface area contributed by atoms with Crippen LogP contribution in [-0.4, -0.2) is 96.7 Å². The number of phosphoric ester groups is 2. The third-order valence-electron chi connectivity index (χ3n) is 15.8. The lowest BCUT2D eigenvalue weighted by molar-refractivity contribution is -0.161. The molecule has 0 aliphatic heterocycles. The smallest absolute Gasteiger partial charge is 0.462 e. The number of hydrogen-bond acceptors (Lipinski definition) is 15. The van der Waals surface area contributed by atoms with E-state index in [4.69, 9.17) is 37.0 Å². The van der Waals surface area contributed by atoms with Gasteiger partial charge in [-0.1, -0.05) is 274 Å². The van der Waals surface area contributed by atoms with Gasteiger partial charge in [-0.25, -0.2) is 9.13 Å². The molecule has 0 aromatic carbocycles. The van der Waals surface area contributed by atoms with Crippen LogP contribution in [0, 0.1) is 0 Å². The molecule has 600 valence electrons. The molecule has 0 heterocycles. The standard InChI is InChI=1S/C87H140O17P2/c1-5-9-13-17-21-25-29-32-35-38-40-43-46-49-53-56-60-64-68-72-85(90)98-78-83(104-87(92)74-70-66-62-58-54-50-47-44-41-39-36-33-30-26-22-18-14-10-6-2)80-102-106(95,96)100-76-81(88)75-99-105(93,94)101-79-82(103-86(91)73-69-65-61-57-51-28-24-20-16-12-8-4)77-97-84(89)71-67-63-59-55-52-48-45-42-37-34-31-27-23-19-15-11-7-3/h9-11,13-15,20-27,32-37,40-41,43-45,48-49,53,55,59,81-83,88H,5-8,12,16-19,28-31,38-39,42,46-47,50-52,54,56-58,60-80H2,1-4H3,(H,93,94)(H,95,96)/b13-9-,14-10-,15-11-,24-20-,25-21-,26-22-,27-23-,35-32-,36-33-,37-34-,43-40-,44-41-,48-45-,53-49-,59-55-. The minimum Gasteiger partial charge on any atom is -0.462 e. The van der Waals surface area contributed by atoms with E-state index in [1.807, 2.05) is 12.2 Å². The van der Waals surface area contributed by atoms with Crippen molar-refractivity contribution in [2.45, 2.75) is 303 Å². The van der Waals surface area contributed by atoms with E-state index in [-0.39, 0.29) is 25.7 Å². The monoisotopic (exact) mass is 1520 g/mol. The number of carbonyl (C=O) groups is 4. The minimum absolute atomic E-state index is 0.0625. The van der Waals surface area contributed by atoms with Crippen molar-refractivity contribution < 1.29 is 80.2 Å². The molecule has 0 aliphatic rings. The first kappa shape index (κ1) is 100. The number of hydrogen-bond donors (Lipinski definition) is 3. The summed E-state index contributed by atoms with van der Waals surface area (Å²) in [7, 11) is -10.0. The van der Waals surface area contributed by atoms with Gasteiger partial charge in [-0.05, 0) is 167 Å². The summed E-state index contributed by atoms with van der Waals surface area (Å²) < 4.78 is 68.5. The fourth-order valence-electron chi connectivity index (χ4n) is 9.84. The molecular formula is C87H140O17P2. The Balaban J connectivity index is 5.45. The van der Waals surface area contributed by atoms with Crippen LogP contribution in [0.2, 0.25) is 0 Å². The van der Waals surface area contributed by atoms with Gasteiger partial charge in [0.05, 0.1) is 26.4 Å². The summed E-state index contributed by atoms with van der Waals surface area (Å²) in [5.74, 6) is -2.32. The Hall–Kier alpha value is -5.84. The summed E-state index contributed by atoms with van der Waals surface area (Å²) in [6, 6.07) is 0. The van der Waals surface area contributed by atoms with Crippen LogP contribution < -0.4 is 0 Å². The molecule has 0 fully saturated rings. The highest BCUT2D eigenvalue weighted by Crippen LogP contribution is 2.45. The van der Waals surface area contributed by atoms with Gasteiger partial charge in [-0.2, -0.15) is 0 Å². The Kier molecular flexibility index (Phi) is 73.1. The fourth-order valence-corrected chi connectivity index (χ4v) is 11.4. The molecule has 0 spiro atoms. The largest absolute Gasteiger partial charge is 0.472 e. The van der Waals surface area contributed by atoms with Gasteiger partial charge in [0.2, 0.25) is 0 Å². The van der Waals surface area contributed by atoms with E-state index in [9.17, 15) is 43.2 Å². The van der Waals surface area contributed by atoms with E-state index >= 15 is 0 Å². The average Bonchev–Trinajstić information content (AvgIpc) is 0.901. The molecule has 0 aliphatic carbocycles. The van der Waals surface area contributed by atoms with Gasteiger partial charge in [0.1, 0.15) is 19.3 Å². The van der Waals surface area contributed by atoms with Crippen molar-refractivity contribution in [3.05, 3.63) is 182 Å². The SMILES string of the molecule is CC/C=C\C/C=C\C/C=C\C/C=C\C/C=C\CCCCCC(=O)OCC(COP(=O)(O)OCC(O)COP(=O)(O)OCC(COC(=O)CCC/C=C\C/C=C\C/C=C\C/C=C\C/C=C\CC)OC(=O)CCCCCCC/C=C\CCCC)OC(=O)CCCCCCCC/C=C\C/C=C\C/C=C\C/C=C\CC. The molecule has 0 aromatic rings. The number of aliphatic hydroxyl groups excluding tert-OH is 1. The van der Waals surface area contributed by atoms with Crippen LogP contribution in [0.15, 0.2) is 182 Å². The van der Waals surface area contributed by atoms with Gasteiger partial charge in [0, 0.05) is 25.7 Å². The van der Waals surface area contributed by atoms with Gasteiger partial charge < -0.3 is 33.8 Å². The molecule has 0 bridgehead atoms. The molecule has 106 heavy (non-hydrogen) atoms. The maximum Gasteiger partial charge on any atom is 0.472 e. The van der Waals surface area contributed by atoms with E-state index in [1.165, 1.54) is 6.42 Å². The highest BCUT2D eigenvalue weighted by atomic mass is 31.2. The van der Waals surface area contributed by atoms with E-state index in [0.29, 0.717) is 32.1 Å². The first-order valence-corrected chi connectivity index (χ1v) is 43.0. The molecule has 17 nitrogen and oxygen atoms in total. The van der Waals surface area contributed by atoms with Crippen molar-refractivity contribution in [2.24, 2.45) is 0 Å². The summed E-state index contributed by atoms with van der Waals surface area (Å²) in [6.45, 7) is 4.34. The van der Waals surface area contributed by atoms with Gasteiger partial charge in [-0.3, -0.25) is 37.3 Å². The minimum atomic E-state index is -5.00. The Morgan fingerprint density at radius 1 is 0.274 bits per heavy atom. The van der Waals surface area contributed by atoms with Crippen molar-refractivity contribution in [1.82, 2.24) is 0 Å². The number of phosphoric acid groups is 2. The van der Waals surface area contributed by atoms with Crippen molar-refractivity contribution in [1.29, 1.82) is 0 Å². The summed E-state index contributed by atoms with van der Waals surface area (Å²) in [4.78, 5) is 73.0. The zero-order valence-corrected chi connectivity index (χ0v) is 67.3. The van der Waals surface area contributed by atoms with Crippen LogP contribution >= 0.6 is 15.6 Å². The summed E-state index contributed by atoms with van der Waals surface area (Å²) in [5.41, 5.74) is 0. The summed E-state index contributed by atoms with van der Waals surface area (Å²) in [5, 5.41) is 10.6. The average molecular weight is 1520 g/mol. The molecule has 19 heteroatoms. The second kappa shape index (κ2) is 77.3. The molecule has 5 unspecified atom stereocenters. The lowest BCUT2D eigenvalue weighted by Crippen LogP contribution is -2.30. The van der Waals surface area contributed by atoms with Crippen LogP contribution in [0.3, 0.4) is 0 Å². The topological polar surface area (TPSA) is 237 Å². The summed E-state index contributed by atoms with van der Waals surface area (Å²) in [6.07, 6.45) is 93.1. The Morgan fingerprint density at radius 3 is 0.811 bits per heavy atom. The van der Waals surface area contributed by atoms with Gasteiger partial charge >= 0.3 is 39.5 Å². The quantitative estimate of drug-likeness (QED) is 0.0169. The molecule has 0 rings (SSSR count). The van der Waals surface area contributed by atoms with E-state index in [1.54, 1.807) is 0 Å². The van der Waals surface area contributed by atoms with Crippen molar-refractivity contribution in [3.63, 3.8) is 0 Å². The van der Waals surface area contributed by atoms with E-state index < -0.39 is 97.5 Å². The molecule has 0 saturated carbocycles. The normalized spacial score (nSPS) is 14.8. The van der Waals surface area contributed by atoms with Crippen molar-refractivity contribution in [2.75, 3.05) is 39.6 Å². The Bertz CT molecular complexity index is 2730. The van der Waals surface area contributed by atoms with Crippen LogP contribution in [0.4, 0.5) is 0 Å². The van der Waals surface area contributed by atoms with Crippen molar-refractivity contribution >= 4 is 39.5 Å². The fraction of sp³-hybridized carbons (Fsp3) is 0.609. The third-order valence-corrected chi connectivity index (χ3v) is 17.7. The number of aliphatic hydroxyl groups is 1. The van der Waals surface area contributed by atoms with E-state index in [2.05, 4.69) is 198 Å². The number of carbonyl (C=O) groups excluding carboxylic acids is 4. The van der Waals surface area contributed by atoms with Crippen LogP contribution in [0.25, 0.3) is 0 Å². The molecule has 0 saturated heterocycles. The number of ether oxygens (including phenoxy) is 4. The number of esters is 4. The lowest BCUT2D eigenvalue weighted by Gasteiger charge is -2.21. The zero-order valence-electron chi connectivity index (χ0n) is 65.5. The van der Waals surface area contributed by atoms with E-state index in [0.717, 1.165) is 193 Å². The maximum absolute atomic E-state index is 13.1. The van der Waals surface area contributed by atoms with Gasteiger partial charge in [0.15, 0.2) is 12.2 Å². The second-order valence-corrected chi connectivity index (χ2v) is 28.8. The first-order valence-electron chi connectivity index (χ1n) is 40.0.